The average Bonchev–Trinajstić information content (AvgIpc) is 4.23. The molecule has 2 heterocycles. The van der Waals surface area contributed by atoms with Crippen molar-refractivity contribution in [3.8, 4) is 47.0 Å². The van der Waals surface area contributed by atoms with Crippen molar-refractivity contribution < 1.29 is 39.1 Å². The van der Waals surface area contributed by atoms with Gasteiger partial charge >= 0.3 is 0 Å². The number of allylic oxidation sites excluding steroid dienone is 4. The Labute approximate surface area is 446 Å². The number of hydrogen-bond donors (Lipinski definition) is 6. The highest BCUT2D eigenvalue weighted by molar-refractivity contribution is 5.97. The smallest absolute Gasteiger partial charge is 0.207 e. The Morgan fingerprint density at radius 1 is 1.00 bits per heavy atom. The van der Waals surface area contributed by atoms with Gasteiger partial charge in [-0.1, -0.05) is 75.2 Å². The number of aliphatic hydroxyl groups excluding tert-OH is 2. The van der Waals surface area contributed by atoms with E-state index in [4.69, 9.17) is 23.9 Å². The molecule has 12 heteroatoms. The van der Waals surface area contributed by atoms with Gasteiger partial charge in [0.2, 0.25) is 11.7 Å². The number of guanidine groups is 1. The summed E-state index contributed by atoms with van der Waals surface area (Å²) in [4.78, 5) is 20.5. The van der Waals surface area contributed by atoms with Gasteiger partial charge in [0.25, 0.3) is 0 Å². The fraction of sp³-hybridized carbons (Fsp3) is 0.651. The monoisotopic (exact) mass is 1020 g/mol. The van der Waals surface area contributed by atoms with E-state index < -0.39 is 22.7 Å². The summed E-state index contributed by atoms with van der Waals surface area (Å²) in [6.07, 6.45) is 30.2. The maximum atomic E-state index is 15.8. The number of nitrogens with zero attached hydrogens (tertiary/aromatic N) is 1. The van der Waals surface area contributed by atoms with Crippen LogP contribution in [0.2, 0.25) is 0 Å². The van der Waals surface area contributed by atoms with Gasteiger partial charge in [-0.15, -0.1) is 0 Å². The van der Waals surface area contributed by atoms with Crippen molar-refractivity contribution in [2.75, 3.05) is 39.7 Å². The van der Waals surface area contributed by atoms with Gasteiger partial charge in [-0.2, -0.15) is 0 Å². The molecule has 10 rings (SSSR count). The number of carbonyl (C=O) groups excluding carboxylic acids is 1. The number of anilines is 1. The summed E-state index contributed by atoms with van der Waals surface area (Å²) in [6, 6.07) is 13.3. The van der Waals surface area contributed by atoms with Gasteiger partial charge in [0, 0.05) is 56.3 Å². The topological polar surface area (TPSA) is 163 Å². The minimum atomic E-state index is -0.852. The Bertz CT molecular complexity index is 2590. The maximum Gasteiger partial charge on any atom is 0.207 e. The number of fused-ring (bicyclic) bond motifs is 9. The number of carbonyl (C=O) groups is 1. The third-order valence-electron chi connectivity index (χ3n) is 19.8. The summed E-state index contributed by atoms with van der Waals surface area (Å²) in [5, 5.41) is 43.1. The van der Waals surface area contributed by atoms with Crippen molar-refractivity contribution >= 4 is 17.4 Å². The predicted molar refractivity (Wildman–Crippen MR) is 293 cm³/mol. The van der Waals surface area contributed by atoms with Crippen LogP contribution < -0.4 is 30.2 Å². The molecule has 75 heavy (non-hydrogen) atoms. The standard InChI is InChI=1S/C63H84N4O8/c1-5-41-21-23-48-49(19-12-30-68)51-20-10-28-63(51)46-35-53(59-56(36-46)75-61(40-64-2)38-43(14-13-31-73-59)44(39-61)34-58(71)74-47-17-7-6-8-18-47)67-60(65-3)66-29-11-16-45-15-9-27-62(45,57(70)26-24-52(63)50(48)32-41)37-42-22-25-54(69)55(33-42)72-4/h21-26,33,35-36,41,43-45,47-52,58,64,68-69,71H,5-10,12,14-20,27-28,30,32,34,37-40H2,1-4H3,(H2,65,66,67)/b26-24+/t41-,43+,44+,45+,48+,49-,50-,51+,52+,58+,61-,62-,63-/m0/s1. The van der Waals surface area contributed by atoms with Crippen molar-refractivity contribution in [2.24, 2.45) is 63.7 Å². The zero-order valence-electron chi connectivity index (χ0n) is 45.1. The first-order valence-electron chi connectivity index (χ1n) is 28.9. The van der Waals surface area contributed by atoms with Crippen LogP contribution in [0.25, 0.3) is 0 Å². The lowest BCUT2D eigenvalue weighted by Gasteiger charge is -2.58. The van der Waals surface area contributed by atoms with Gasteiger partial charge in [0.15, 0.2) is 29.3 Å². The summed E-state index contributed by atoms with van der Waals surface area (Å²) in [7, 11) is 5.29. The Hall–Kier alpha value is -4.98. The number of aliphatic imine (C=N–C) groups is 1. The lowest BCUT2D eigenvalue weighted by molar-refractivity contribution is -0.154. The molecule has 0 saturated heterocycles. The SMILES string of the molecule is CC[C@H]1C=C[C@H]2[C@H](C1)[C@H]1/C=C/C(=O)[C@]3(Cc4ccc(O)c(OC)c4)CCC[C@@H]3CC#CNC(=NC)Nc3cc(cc4c3OC#CC[C@@H]3C[C@@](CNC)(C[C@H]3C[C@H](O)OC3CCCCC3)O4)[C@]13CCC[C@@H]3[C@H]2CCCO. The van der Waals surface area contributed by atoms with Crippen LogP contribution in [0.5, 0.6) is 23.0 Å². The second-order valence-corrected chi connectivity index (χ2v) is 23.9. The lowest BCUT2D eigenvalue weighted by atomic mass is 9.46. The number of phenols is 1. The third-order valence-corrected chi connectivity index (χ3v) is 19.8. The van der Waals surface area contributed by atoms with E-state index in [0.29, 0.717) is 78.9 Å². The zero-order chi connectivity index (χ0) is 52.2. The molecule has 4 bridgehead atoms. The molecule has 6 N–H and O–H groups in total. The molecule has 8 aliphatic rings. The summed E-state index contributed by atoms with van der Waals surface area (Å²) in [6.45, 7) is 3.04. The lowest BCUT2D eigenvalue weighted by Crippen LogP contribution is -2.54. The summed E-state index contributed by atoms with van der Waals surface area (Å²) in [5.74, 6) is 10.9. The highest BCUT2D eigenvalue weighted by Crippen LogP contribution is 2.66. The molecule has 404 valence electrons. The molecule has 2 aliphatic heterocycles. The van der Waals surface area contributed by atoms with Gasteiger partial charge in [-0.05, 0) is 185 Å². The molecule has 5 fully saturated rings. The van der Waals surface area contributed by atoms with Crippen LogP contribution in [0, 0.1) is 82.7 Å². The van der Waals surface area contributed by atoms with Crippen molar-refractivity contribution in [1.29, 1.82) is 0 Å². The van der Waals surface area contributed by atoms with Crippen molar-refractivity contribution in [3.63, 3.8) is 0 Å². The van der Waals surface area contributed by atoms with E-state index in [0.717, 1.165) is 114 Å². The zero-order valence-corrected chi connectivity index (χ0v) is 45.1. The van der Waals surface area contributed by atoms with Gasteiger partial charge in [-0.25, -0.2) is 0 Å². The quantitative estimate of drug-likeness (QED) is 0.0643. The number of aliphatic hydroxyl groups is 2. The van der Waals surface area contributed by atoms with Crippen LogP contribution in [0.3, 0.4) is 0 Å². The highest BCUT2D eigenvalue weighted by Gasteiger charge is 2.61. The highest BCUT2D eigenvalue weighted by atomic mass is 16.6. The molecule has 0 radical (unpaired) electrons. The van der Waals surface area contributed by atoms with E-state index >= 15 is 4.79 Å². The average molecular weight is 1030 g/mol. The third kappa shape index (κ3) is 10.7. The number of ketones is 1. The normalized spacial score (nSPS) is 35.5. The van der Waals surface area contributed by atoms with Crippen molar-refractivity contribution in [3.05, 3.63) is 65.8 Å². The molecule has 2 aromatic carbocycles. The van der Waals surface area contributed by atoms with E-state index in [9.17, 15) is 15.3 Å². The maximum absolute atomic E-state index is 15.8. The molecule has 5 saturated carbocycles. The van der Waals surface area contributed by atoms with Gasteiger partial charge < -0.3 is 44.9 Å². The molecule has 0 aromatic heterocycles. The van der Waals surface area contributed by atoms with E-state index in [1.165, 1.54) is 6.42 Å². The number of nitrogens with one attached hydrogen (secondary N) is 3. The van der Waals surface area contributed by atoms with Crippen LogP contribution in [0.1, 0.15) is 146 Å². The number of likely N-dealkylation sites (N-methyl/N-ethyl adjacent to an activating group) is 1. The van der Waals surface area contributed by atoms with Gasteiger partial charge in [-0.3, -0.25) is 15.1 Å². The van der Waals surface area contributed by atoms with E-state index in [1.807, 2.05) is 25.3 Å². The van der Waals surface area contributed by atoms with Crippen molar-refractivity contribution in [1.82, 2.24) is 10.6 Å². The molecule has 0 unspecified atom stereocenters. The molecular weight excluding hydrogens is 941 g/mol. The number of methoxy groups -OCH3 is 1. The number of hydrogen-bond acceptors (Lipinski definition) is 10. The fourth-order valence-electron chi connectivity index (χ4n) is 16.5. The second-order valence-electron chi connectivity index (χ2n) is 23.9. The van der Waals surface area contributed by atoms with Gasteiger partial charge in [0.1, 0.15) is 11.7 Å². The van der Waals surface area contributed by atoms with E-state index in [2.05, 4.69) is 77.2 Å². The summed E-state index contributed by atoms with van der Waals surface area (Å²) in [5.41, 5.74) is 1.03. The Kier molecular flexibility index (Phi) is 16.6. The minimum Gasteiger partial charge on any atom is -0.504 e. The number of rotatable bonds is 13. The Morgan fingerprint density at radius 2 is 1.85 bits per heavy atom. The fourth-order valence-corrected chi connectivity index (χ4v) is 16.5. The number of benzene rings is 2. The van der Waals surface area contributed by atoms with Crippen molar-refractivity contribution in [2.45, 2.75) is 165 Å². The van der Waals surface area contributed by atoms with Crippen LogP contribution in [-0.4, -0.2) is 79.4 Å². The molecule has 2 aromatic rings. The molecular formula is C63H84N4O8. The minimum absolute atomic E-state index is 0.000775. The predicted octanol–water partition coefficient (Wildman–Crippen LogP) is 10.3. The molecule has 6 aliphatic carbocycles. The Morgan fingerprint density at radius 3 is 2.65 bits per heavy atom. The first-order chi connectivity index (χ1) is 36.5. The van der Waals surface area contributed by atoms with Crippen LogP contribution in [0.4, 0.5) is 5.69 Å². The number of aromatic hydroxyl groups is 1. The second kappa shape index (κ2) is 23.3. The Balaban J connectivity index is 1.13. The molecule has 0 amide bonds. The first kappa shape index (κ1) is 53.4. The summed E-state index contributed by atoms with van der Waals surface area (Å²) >= 11 is 0. The van der Waals surface area contributed by atoms with Crippen LogP contribution in [0.15, 0.2) is 59.6 Å². The van der Waals surface area contributed by atoms with E-state index in [1.54, 1.807) is 20.2 Å². The molecule has 1 spiro atoms. The first-order valence-corrected chi connectivity index (χ1v) is 28.9. The summed E-state index contributed by atoms with van der Waals surface area (Å²) < 4.78 is 26.2. The van der Waals surface area contributed by atoms with E-state index in [-0.39, 0.29) is 59.8 Å². The van der Waals surface area contributed by atoms with Crippen LogP contribution >= 0.6 is 0 Å². The van der Waals surface area contributed by atoms with Gasteiger partial charge in [0.05, 0.1) is 18.9 Å². The largest absolute Gasteiger partial charge is 0.504 e. The molecule has 12 nitrogen and oxygen atoms in total. The molecule has 13 atom stereocenters. The van der Waals surface area contributed by atoms with Crippen LogP contribution in [-0.2, 0) is 21.4 Å². The number of phenolic OH excluding ortho intramolecular Hbond substituents is 1. The number of ether oxygens (including phenoxy) is 4.